The molecule has 17 heavy (non-hydrogen) atoms. The second-order valence-corrected chi connectivity index (χ2v) is 4.42. The lowest BCUT2D eigenvalue weighted by Crippen LogP contribution is -2.39. The number of phenolic OH excluding ortho intramolecular Hbond substituents is 2. The van der Waals surface area contributed by atoms with Crippen molar-refractivity contribution in [2.45, 2.75) is 13.0 Å². The van der Waals surface area contributed by atoms with E-state index in [-0.39, 0.29) is 29.0 Å². The summed E-state index contributed by atoms with van der Waals surface area (Å²) in [7, 11) is 0. The first-order valence-electron chi connectivity index (χ1n) is 5.61. The summed E-state index contributed by atoms with van der Waals surface area (Å²) in [4.78, 5) is 11.9. The van der Waals surface area contributed by atoms with Gasteiger partial charge in [-0.25, -0.2) is 0 Å². The molecule has 1 aromatic carbocycles. The molecule has 0 bridgehead atoms. The molecule has 1 fully saturated rings. The molecular weight excluding hydrogens is 220 g/mol. The third-order valence-corrected chi connectivity index (χ3v) is 3.06. The summed E-state index contributed by atoms with van der Waals surface area (Å²) in [6.45, 7) is 3.68. The molecule has 0 aromatic heterocycles. The van der Waals surface area contributed by atoms with Gasteiger partial charge in [-0.15, -0.1) is 0 Å². The van der Waals surface area contributed by atoms with E-state index in [0.717, 1.165) is 19.2 Å². The van der Waals surface area contributed by atoms with Crippen molar-refractivity contribution >= 4 is 5.91 Å². The zero-order valence-electron chi connectivity index (χ0n) is 9.60. The van der Waals surface area contributed by atoms with Gasteiger partial charge < -0.3 is 20.8 Å². The Hall–Kier alpha value is -1.75. The molecule has 1 saturated heterocycles. The minimum atomic E-state index is -0.317. The summed E-state index contributed by atoms with van der Waals surface area (Å²) in [6.07, 6.45) is 0. The molecule has 0 spiro atoms. The van der Waals surface area contributed by atoms with E-state index in [4.69, 9.17) is 5.11 Å². The molecule has 5 nitrogen and oxygen atoms in total. The van der Waals surface area contributed by atoms with Gasteiger partial charge in [-0.05, 0) is 24.6 Å². The first kappa shape index (κ1) is 11.7. The summed E-state index contributed by atoms with van der Waals surface area (Å²) >= 11 is 0. The summed E-state index contributed by atoms with van der Waals surface area (Å²) in [5, 5.41) is 24.8. The van der Waals surface area contributed by atoms with Crippen LogP contribution in [0.4, 0.5) is 0 Å². The number of benzene rings is 1. The molecule has 5 heteroatoms. The Morgan fingerprint density at radius 3 is 2.76 bits per heavy atom. The van der Waals surface area contributed by atoms with Crippen LogP contribution >= 0.6 is 0 Å². The van der Waals surface area contributed by atoms with Crippen LogP contribution in [0.5, 0.6) is 11.5 Å². The van der Waals surface area contributed by atoms with Crippen LogP contribution in [0.3, 0.4) is 0 Å². The highest BCUT2D eigenvalue weighted by atomic mass is 16.3. The van der Waals surface area contributed by atoms with Crippen molar-refractivity contribution in [3.63, 3.8) is 0 Å². The van der Waals surface area contributed by atoms with E-state index >= 15 is 0 Å². The Balaban J connectivity index is 2.09. The van der Waals surface area contributed by atoms with Crippen molar-refractivity contribution in [3.05, 3.63) is 23.8 Å². The molecule has 0 saturated carbocycles. The van der Waals surface area contributed by atoms with E-state index in [1.165, 1.54) is 12.1 Å². The smallest absolute Gasteiger partial charge is 0.255 e. The van der Waals surface area contributed by atoms with Crippen LogP contribution < -0.4 is 10.6 Å². The molecule has 1 aliphatic rings. The average Bonchev–Trinajstić information content (AvgIpc) is 2.64. The topological polar surface area (TPSA) is 81.6 Å². The molecule has 4 N–H and O–H groups in total. The van der Waals surface area contributed by atoms with Crippen molar-refractivity contribution in [3.8, 4) is 11.5 Å². The lowest BCUT2D eigenvalue weighted by Gasteiger charge is -2.16. The molecular formula is C12H16N2O3. The van der Waals surface area contributed by atoms with Gasteiger partial charge in [-0.1, -0.05) is 6.92 Å². The van der Waals surface area contributed by atoms with E-state index in [1.54, 1.807) is 0 Å². The second kappa shape index (κ2) is 4.63. The number of nitrogens with one attached hydrogen (secondary N) is 2. The average molecular weight is 236 g/mol. The number of aromatic hydroxyl groups is 2. The molecule has 1 aliphatic heterocycles. The fraction of sp³-hybridized carbons (Fsp3) is 0.417. The first-order chi connectivity index (χ1) is 8.08. The van der Waals surface area contributed by atoms with Gasteiger partial charge in [-0.3, -0.25) is 4.79 Å². The van der Waals surface area contributed by atoms with Crippen LogP contribution in [0, 0.1) is 5.92 Å². The van der Waals surface area contributed by atoms with Crippen molar-refractivity contribution in [2.24, 2.45) is 5.92 Å². The number of hydrogen-bond acceptors (Lipinski definition) is 4. The van der Waals surface area contributed by atoms with E-state index in [9.17, 15) is 9.90 Å². The highest BCUT2D eigenvalue weighted by Gasteiger charge is 2.25. The molecule has 92 valence electrons. The Morgan fingerprint density at radius 1 is 1.41 bits per heavy atom. The Bertz CT molecular complexity index is 434. The van der Waals surface area contributed by atoms with Gasteiger partial charge in [0, 0.05) is 18.7 Å². The van der Waals surface area contributed by atoms with Gasteiger partial charge in [0.25, 0.3) is 5.91 Å². The maximum atomic E-state index is 11.9. The largest absolute Gasteiger partial charge is 0.508 e. The van der Waals surface area contributed by atoms with Crippen LogP contribution in [-0.4, -0.2) is 35.3 Å². The number of amides is 1. The van der Waals surface area contributed by atoms with Gasteiger partial charge in [0.1, 0.15) is 11.5 Å². The van der Waals surface area contributed by atoms with Gasteiger partial charge in [0.2, 0.25) is 0 Å². The Labute approximate surface area is 99.5 Å². The van der Waals surface area contributed by atoms with Crippen LogP contribution in [-0.2, 0) is 0 Å². The molecule has 2 unspecified atom stereocenters. The number of phenols is 2. The van der Waals surface area contributed by atoms with Crippen molar-refractivity contribution in [1.29, 1.82) is 0 Å². The third kappa shape index (κ3) is 2.50. The highest BCUT2D eigenvalue weighted by Crippen LogP contribution is 2.22. The standard InChI is InChI=1S/C12H16N2O3/c1-7-5-13-6-10(7)14-12(17)9-3-2-8(15)4-11(9)16/h2-4,7,10,13,15-16H,5-6H2,1H3,(H,14,17). The van der Waals surface area contributed by atoms with Crippen LogP contribution in [0.15, 0.2) is 18.2 Å². The minimum absolute atomic E-state index is 0.0602. The molecule has 1 aromatic rings. The SMILES string of the molecule is CC1CNCC1NC(=O)c1ccc(O)cc1O. The van der Waals surface area contributed by atoms with Crippen LogP contribution in [0.2, 0.25) is 0 Å². The van der Waals surface area contributed by atoms with Gasteiger partial charge in [0.15, 0.2) is 0 Å². The van der Waals surface area contributed by atoms with Crippen LogP contribution in [0.25, 0.3) is 0 Å². The molecule has 0 radical (unpaired) electrons. The summed E-state index contributed by atoms with van der Waals surface area (Å²) in [6, 6.07) is 4.03. The first-order valence-corrected chi connectivity index (χ1v) is 5.61. The zero-order valence-corrected chi connectivity index (χ0v) is 9.60. The van der Waals surface area contributed by atoms with E-state index in [0.29, 0.717) is 5.92 Å². The van der Waals surface area contributed by atoms with Crippen molar-refractivity contribution < 1.29 is 15.0 Å². The quantitative estimate of drug-likeness (QED) is 0.600. The molecule has 2 rings (SSSR count). The normalized spacial score (nSPS) is 23.6. The maximum Gasteiger partial charge on any atom is 0.255 e. The zero-order chi connectivity index (χ0) is 12.4. The van der Waals surface area contributed by atoms with Gasteiger partial charge >= 0.3 is 0 Å². The molecule has 2 atom stereocenters. The number of carbonyl (C=O) groups excluding carboxylic acids is 1. The monoisotopic (exact) mass is 236 g/mol. The molecule has 0 aliphatic carbocycles. The van der Waals surface area contributed by atoms with Crippen LogP contribution in [0.1, 0.15) is 17.3 Å². The predicted octanol–water partition coefficient (Wildman–Crippen LogP) is 0.435. The van der Waals surface area contributed by atoms with Crippen molar-refractivity contribution in [2.75, 3.05) is 13.1 Å². The number of carbonyl (C=O) groups is 1. The molecule has 1 heterocycles. The Kier molecular flexibility index (Phi) is 3.19. The van der Waals surface area contributed by atoms with E-state index in [2.05, 4.69) is 17.6 Å². The fourth-order valence-electron chi connectivity index (χ4n) is 1.96. The lowest BCUT2D eigenvalue weighted by molar-refractivity contribution is 0.0930. The second-order valence-electron chi connectivity index (χ2n) is 4.42. The maximum absolute atomic E-state index is 11.9. The highest BCUT2D eigenvalue weighted by molar-refractivity contribution is 5.97. The number of rotatable bonds is 2. The Morgan fingerprint density at radius 2 is 2.18 bits per heavy atom. The summed E-state index contributed by atoms with van der Waals surface area (Å²) in [5.74, 6) is -0.211. The fourth-order valence-corrected chi connectivity index (χ4v) is 1.96. The van der Waals surface area contributed by atoms with Gasteiger partial charge in [0.05, 0.1) is 5.56 Å². The van der Waals surface area contributed by atoms with E-state index < -0.39 is 0 Å². The summed E-state index contributed by atoms with van der Waals surface area (Å²) < 4.78 is 0. The molecule has 1 amide bonds. The predicted molar refractivity (Wildman–Crippen MR) is 63.1 cm³/mol. The summed E-state index contributed by atoms with van der Waals surface area (Å²) in [5.41, 5.74) is 0.182. The minimum Gasteiger partial charge on any atom is -0.508 e. The number of hydrogen-bond donors (Lipinski definition) is 4. The van der Waals surface area contributed by atoms with Crippen molar-refractivity contribution in [1.82, 2.24) is 10.6 Å². The third-order valence-electron chi connectivity index (χ3n) is 3.06. The van der Waals surface area contributed by atoms with E-state index in [1.807, 2.05) is 0 Å². The lowest BCUT2D eigenvalue weighted by atomic mass is 10.1. The van der Waals surface area contributed by atoms with Gasteiger partial charge in [-0.2, -0.15) is 0 Å².